The predicted octanol–water partition coefficient (Wildman–Crippen LogP) is 0.00380. The van der Waals surface area contributed by atoms with Crippen LogP contribution in [0.15, 0.2) is 17.1 Å². The van der Waals surface area contributed by atoms with Gasteiger partial charge in [-0.3, -0.25) is 19.5 Å². The molecule has 0 bridgehead atoms. The first-order valence-electron chi connectivity index (χ1n) is 8.37. The number of rotatable bonds is 2. The van der Waals surface area contributed by atoms with E-state index in [1.165, 1.54) is 0 Å². The molecule has 4 rings (SSSR count). The van der Waals surface area contributed by atoms with Crippen molar-refractivity contribution >= 4 is 0 Å². The van der Waals surface area contributed by atoms with Crippen LogP contribution in [0.25, 0.3) is 5.82 Å². The molecule has 124 valence electrons. The van der Waals surface area contributed by atoms with Crippen molar-refractivity contribution in [3.8, 4) is 5.82 Å². The first-order chi connectivity index (χ1) is 11.1. The van der Waals surface area contributed by atoms with Crippen LogP contribution in [0.5, 0.6) is 0 Å². The van der Waals surface area contributed by atoms with Crippen LogP contribution in [-0.4, -0.2) is 68.6 Å². The fraction of sp³-hybridized carbons (Fsp3) is 0.625. The molecule has 0 saturated carbocycles. The topological polar surface area (TPSA) is 62.1 Å². The van der Waals surface area contributed by atoms with Gasteiger partial charge in [-0.2, -0.15) is 5.10 Å². The van der Waals surface area contributed by atoms with Gasteiger partial charge in [0.05, 0.1) is 6.20 Å². The van der Waals surface area contributed by atoms with Crippen molar-refractivity contribution in [3.05, 3.63) is 33.9 Å². The second kappa shape index (κ2) is 5.65. The van der Waals surface area contributed by atoms with Gasteiger partial charge >= 0.3 is 0 Å². The molecule has 0 radical (unpaired) electrons. The molecule has 1 aliphatic carbocycles. The minimum atomic E-state index is 0.0856. The summed E-state index contributed by atoms with van der Waals surface area (Å²) in [7, 11) is 4.03. The summed E-state index contributed by atoms with van der Waals surface area (Å²) in [5, 5.41) is 7.45. The molecule has 2 aromatic heterocycles. The summed E-state index contributed by atoms with van der Waals surface area (Å²) in [5.74, 6) is 0.792. The molecular formula is C16H24N6O. The molecule has 23 heavy (non-hydrogen) atoms. The van der Waals surface area contributed by atoms with Crippen LogP contribution < -0.4 is 5.56 Å². The van der Waals surface area contributed by atoms with E-state index in [2.05, 4.69) is 27.0 Å². The van der Waals surface area contributed by atoms with Gasteiger partial charge in [-0.25, -0.2) is 4.68 Å². The third-order valence-corrected chi connectivity index (χ3v) is 5.32. The van der Waals surface area contributed by atoms with Crippen LogP contribution in [-0.2, 0) is 19.9 Å². The van der Waals surface area contributed by atoms with Crippen molar-refractivity contribution in [2.75, 3.05) is 33.2 Å². The van der Waals surface area contributed by atoms with E-state index in [0.717, 1.165) is 62.5 Å². The van der Waals surface area contributed by atoms with Crippen LogP contribution in [0.3, 0.4) is 0 Å². The van der Waals surface area contributed by atoms with Crippen molar-refractivity contribution in [2.24, 2.45) is 7.05 Å². The van der Waals surface area contributed by atoms with E-state index < -0.39 is 0 Å². The van der Waals surface area contributed by atoms with Crippen molar-refractivity contribution < 1.29 is 0 Å². The quantitative estimate of drug-likeness (QED) is 0.847. The lowest BCUT2D eigenvalue weighted by atomic mass is 9.92. The summed E-state index contributed by atoms with van der Waals surface area (Å²) in [6.45, 7) is 4.46. The molecule has 1 atom stereocenters. The van der Waals surface area contributed by atoms with Gasteiger partial charge in [0.1, 0.15) is 0 Å². The molecule has 1 unspecified atom stereocenters. The Morgan fingerprint density at radius 2 is 2.00 bits per heavy atom. The van der Waals surface area contributed by atoms with Crippen molar-refractivity contribution in [2.45, 2.75) is 25.3 Å². The van der Waals surface area contributed by atoms with E-state index in [9.17, 15) is 4.79 Å². The number of piperazine rings is 1. The highest BCUT2D eigenvalue weighted by atomic mass is 16.1. The summed E-state index contributed by atoms with van der Waals surface area (Å²) in [5.41, 5.74) is 2.14. The zero-order chi connectivity index (χ0) is 16.0. The smallest absolute Gasteiger partial charge is 0.276 e. The number of hydrogen-bond acceptors (Lipinski definition) is 4. The molecule has 0 spiro atoms. The number of aryl methyl sites for hydroxylation is 2. The highest BCUT2D eigenvalue weighted by molar-refractivity contribution is 5.28. The van der Waals surface area contributed by atoms with Crippen molar-refractivity contribution in [1.29, 1.82) is 0 Å². The maximum atomic E-state index is 12.8. The number of hydrogen-bond donors (Lipinski definition) is 1. The highest BCUT2D eigenvalue weighted by Crippen LogP contribution is 2.23. The van der Waals surface area contributed by atoms with E-state index >= 15 is 0 Å². The van der Waals surface area contributed by atoms with Crippen molar-refractivity contribution in [1.82, 2.24) is 29.4 Å². The molecular weight excluding hydrogens is 292 g/mol. The Labute approximate surface area is 135 Å². The van der Waals surface area contributed by atoms with Crippen LogP contribution in [0, 0.1) is 0 Å². The van der Waals surface area contributed by atoms with Gasteiger partial charge < -0.3 is 4.90 Å². The summed E-state index contributed by atoms with van der Waals surface area (Å²) >= 11 is 0. The van der Waals surface area contributed by atoms with Gasteiger partial charge in [-0.1, -0.05) is 0 Å². The first-order valence-corrected chi connectivity index (χ1v) is 8.37. The maximum Gasteiger partial charge on any atom is 0.276 e. The number of fused-ring (bicyclic) bond motifs is 1. The molecule has 1 aliphatic heterocycles. The lowest BCUT2D eigenvalue weighted by molar-refractivity contribution is 0.103. The number of likely N-dealkylation sites (N-methyl/N-ethyl adjacent to an activating group) is 1. The predicted molar refractivity (Wildman–Crippen MR) is 88.0 cm³/mol. The van der Waals surface area contributed by atoms with E-state index in [0.29, 0.717) is 6.04 Å². The van der Waals surface area contributed by atoms with E-state index in [1.807, 2.05) is 13.1 Å². The molecule has 2 aromatic rings. The third kappa shape index (κ3) is 2.53. The Balaban J connectivity index is 1.59. The van der Waals surface area contributed by atoms with Crippen LogP contribution in [0.1, 0.15) is 17.7 Å². The second-order valence-electron chi connectivity index (χ2n) is 6.76. The molecule has 7 heteroatoms. The molecule has 0 amide bonds. The van der Waals surface area contributed by atoms with Crippen LogP contribution in [0.2, 0.25) is 0 Å². The van der Waals surface area contributed by atoms with Gasteiger partial charge in [-0.05, 0) is 26.3 Å². The summed E-state index contributed by atoms with van der Waals surface area (Å²) in [6.07, 6.45) is 4.66. The summed E-state index contributed by atoms with van der Waals surface area (Å²) in [4.78, 5) is 17.7. The zero-order valence-corrected chi connectivity index (χ0v) is 13.8. The van der Waals surface area contributed by atoms with Gasteiger partial charge in [0.15, 0.2) is 5.82 Å². The number of nitrogens with one attached hydrogen (secondary N) is 1. The first kappa shape index (κ1) is 14.7. The molecule has 0 aromatic carbocycles. The Morgan fingerprint density at radius 3 is 2.70 bits per heavy atom. The highest BCUT2D eigenvalue weighted by Gasteiger charge is 2.30. The largest absolute Gasteiger partial charge is 0.304 e. The fourth-order valence-electron chi connectivity index (χ4n) is 3.83. The molecule has 1 N–H and O–H groups in total. The number of nitrogens with zero attached hydrogens (tertiary/aromatic N) is 5. The lowest BCUT2D eigenvalue weighted by Crippen LogP contribution is -2.50. The van der Waals surface area contributed by atoms with E-state index in [-0.39, 0.29) is 5.56 Å². The lowest BCUT2D eigenvalue weighted by Gasteiger charge is -2.39. The Bertz CT molecular complexity index is 749. The zero-order valence-electron chi connectivity index (χ0n) is 13.8. The molecule has 7 nitrogen and oxygen atoms in total. The van der Waals surface area contributed by atoms with Crippen molar-refractivity contribution in [3.63, 3.8) is 0 Å². The average molecular weight is 316 g/mol. The SMILES string of the molecule is CN1CCN(C2CCc3[nH]n(-c4ccnn4C)c(=O)c3C2)CC1. The Kier molecular flexibility index (Phi) is 3.61. The minimum Gasteiger partial charge on any atom is -0.304 e. The average Bonchev–Trinajstić information content (AvgIpc) is 3.11. The fourth-order valence-corrected chi connectivity index (χ4v) is 3.83. The van der Waals surface area contributed by atoms with Gasteiger partial charge in [0, 0.05) is 56.6 Å². The van der Waals surface area contributed by atoms with E-state index in [1.54, 1.807) is 15.6 Å². The van der Waals surface area contributed by atoms with E-state index in [4.69, 9.17) is 0 Å². The van der Waals surface area contributed by atoms with Crippen LogP contribution in [0.4, 0.5) is 0 Å². The Morgan fingerprint density at radius 1 is 1.22 bits per heavy atom. The molecule has 3 heterocycles. The van der Waals surface area contributed by atoms with Gasteiger partial charge in [0.25, 0.3) is 5.56 Å². The minimum absolute atomic E-state index is 0.0856. The standard InChI is InChI=1S/C16H24N6O/c1-19-7-9-21(10-8-19)12-3-4-14-13(11-12)16(23)22(18-14)15-5-6-17-20(15)2/h5-6,12,18H,3-4,7-11H2,1-2H3. The van der Waals surface area contributed by atoms with Crippen LogP contribution >= 0.6 is 0 Å². The number of H-pyrrole nitrogens is 1. The second-order valence-corrected chi connectivity index (χ2v) is 6.76. The molecule has 1 fully saturated rings. The maximum absolute atomic E-state index is 12.8. The molecule has 2 aliphatic rings. The normalized spacial score (nSPS) is 23.1. The van der Waals surface area contributed by atoms with Gasteiger partial charge in [0.2, 0.25) is 0 Å². The number of aromatic nitrogens is 4. The summed E-state index contributed by atoms with van der Waals surface area (Å²) < 4.78 is 3.37. The number of aromatic amines is 1. The van der Waals surface area contributed by atoms with Gasteiger partial charge in [-0.15, -0.1) is 0 Å². The Hall–Kier alpha value is -1.86. The third-order valence-electron chi connectivity index (χ3n) is 5.32. The molecule has 1 saturated heterocycles. The summed E-state index contributed by atoms with van der Waals surface area (Å²) in [6, 6.07) is 2.36. The monoisotopic (exact) mass is 316 g/mol.